The number of furan rings is 1. The number of rotatable bonds is 5. The molecule has 1 aromatic carbocycles. The lowest BCUT2D eigenvalue weighted by atomic mass is 10.0. The summed E-state index contributed by atoms with van der Waals surface area (Å²) in [4.78, 5) is 0. The summed E-state index contributed by atoms with van der Waals surface area (Å²) < 4.78 is 19.8. The van der Waals surface area contributed by atoms with Crippen molar-refractivity contribution in [2.45, 2.75) is 33.2 Å². The van der Waals surface area contributed by atoms with Gasteiger partial charge < -0.3 is 9.73 Å². The predicted octanol–water partition coefficient (Wildman–Crippen LogP) is 3.99. The molecule has 2 rings (SSSR count). The van der Waals surface area contributed by atoms with Crippen molar-refractivity contribution in [2.75, 3.05) is 6.54 Å². The van der Waals surface area contributed by atoms with E-state index in [0.29, 0.717) is 5.56 Å². The molecule has 2 nitrogen and oxygen atoms in total. The molecule has 102 valence electrons. The smallest absolute Gasteiger partial charge is 0.128 e. The van der Waals surface area contributed by atoms with E-state index in [1.807, 2.05) is 39.0 Å². The SMILES string of the molecule is CCNC(c1ccc(CC)o1)c1cc(C)ccc1F. The Balaban J connectivity index is 2.41. The summed E-state index contributed by atoms with van der Waals surface area (Å²) in [5, 5.41) is 3.29. The van der Waals surface area contributed by atoms with E-state index in [2.05, 4.69) is 5.32 Å². The maximum Gasteiger partial charge on any atom is 0.128 e. The largest absolute Gasteiger partial charge is 0.464 e. The quantitative estimate of drug-likeness (QED) is 0.880. The van der Waals surface area contributed by atoms with Gasteiger partial charge in [-0.05, 0) is 31.7 Å². The van der Waals surface area contributed by atoms with Crippen LogP contribution in [0.4, 0.5) is 4.39 Å². The second-order valence-electron chi connectivity index (χ2n) is 4.67. The van der Waals surface area contributed by atoms with E-state index in [9.17, 15) is 4.39 Å². The van der Waals surface area contributed by atoms with Crippen molar-refractivity contribution in [3.8, 4) is 0 Å². The highest BCUT2D eigenvalue weighted by Crippen LogP contribution is 2.27. The van der Waals surface area contributed by atoms with E-state index in [0.717, 1.165) is 30.0 Å². The van der Waals surface area contributed by atoms with E-state index in [1.165, 1.54) is 6.07 Å². The van der Waals surface area contributed by atoms with Crippen LogP contribution >= 0.6 is 0 Å². The minimum absolute atomic E-state index is 0.203. The summed E-state index contributed by atoms with van der Waals surface area (Å²) in [7, 11) is 0. The highest BCUT2D eigenvalue weighted by molar-refractivity contribution is 5.32. The van der Waals surface area contributed by atoms with E-state index in [-0.39, 0.29) is 11.9 Å². The molecule has 0 bridgehead atoms. The normalized spacial score (nSPS) is 12.6. The maximum absolute atomic E-state index is 14.0. The first-order valence-corrected chi connectivity index (χ1v) is 6.73. The molecule has 1 unspecified atom stereocenters. The van der Waals surface area contributed by atoms with Gasteiger partial charge in [0.1, 0.15) is 17.3 Å². The molecule has 0 aliphatic rings. The lowest BCUT2D eigenvalue weighted by Gasteiger charge is -2.17. The first-order valence-electron chi connectivity index (χ1n) is 6.73. The number of benzene rings is 1. The third-order valence-electron chi connectivity index (χ3n) is 3.19. The molecule has 1 heterocycles. The van der Waals surface area contributed by atoms with Crippen LogP contribution in [0.1, 0.15) is 42.5 Å². The second-order valence-corrected chi connectivity index (χ2v) is 4.67. The van der Waals surface area contributed by atoms with Gasteiger partial charge in [-0.1, -0.05) is 31.5 Å². The summed E-state index contributed by atoms with van der Waals surface area (Å²) in [6.45, 7) is 6.76. The molecule has 3 heteroatoms. The van der Waals surface area contributed by atoms with Crippen LogP contribution in [0.25, 0.3) is 0 Å². The predicted molar refractivity (Wildman–Crippen MR) is 74.7 cm³/mol. The Morgan fingerprint density at radius 1 is 1.21 bits per heavy atom. The van der Waals surface area contributed by atoms with Crippen LogP contribution in [0.15, 0.2) is 34.7 Å². The minimum Gasteiger partial charge on any atom is -0.464 e. The highest BCUT2D eigenvalue weighted by Gasteiger charge is 2.20. The third-order valence-corrected chi connectivity index (χ3v) is 3.19. The Hall–Kier alpha value is -1.61. The van der Waals surface area contributed by atoms with Gasteiger partial charge in [-0.15, -0.1) is 0 Å². The van der Waals surface area contributed by atoms with Gasteiger partial charge in [0.2, 0.25) is 0 Å². The van der Waals surface area contributed by atoms with Crippen molar-refractivity contribution in [1.82, 2.24) is 5.32 Å². The van der Waals surface area contributed by atoms with E-state index in [4.69, 9.17) is 4.42 Å². The maximum atomic E-state index is 14.0. The summed E-state index contributed by atoms with van der Waals surface area (Å²) in [6, 6.07) is 8.81. The van der Waals surface area contributed by atoms with Gasteiger partial charge in [-0.3, -0.25) is 0 Å². The molecule has 1 N–H and O–H groups in total. The monoisotopic (exact) mass is 261 g/mol. The van der Waals surface area contributed by atoms with Crippen molar-refractivity contribution < 1.29 is 8.81 Å². The van der Waals surface area contributed by atoms with Crippen molar-refractivity contribution in [3.63, 3.8) is 0 Å². The topological polar surface area (TPSA) is 25.2 Å². The fraction of sp³-hybridized carbons (Fsp3) is 0.375. The van der Waals surface area contributed by atoms with Gasteiger partial charge in [0.15, 0.2) is 0 Å². The van der Waals surface area contributed by atoms with Crippen molar-refractivity contribution in [1.29, 1.82) is 0 Å². The van der Waals surface area contributed by atoms with Crippen LogP contribution in [-0.2, 0) is 6.42 Å². The van der Waals surface area contributed by atoms with Gasteiger partial charge in [-0.25, -0.2) is 4.39 Å². The number of nitrogens with one attached hydrogen (secondary N) is 1. The lowest BCUT2D eigenvalue weighted by Crippen LogP contribution is -2.22. The van der Waals surface area contributed by atoms with Crippen LogP contribution in [-0.4, -0.2) is 6.54 Å². The number of aryl methyl sites for hydroxylation is 2. The standard InChI is InChI=1S/C16H20FNO/c1-4-12-7-9-15(19-12)16(18-5-2)13-10-11(3)6-8-14(13)17/h6-10,16,18H,4-5H2,1-3H3. The Bertz CT molecular complexity index is 547. The lowest BCUT2D eigenvalue weighted by molar-refractivity contribution is 0.418. The van der Waals surface area contributed by atoms with Crippen LogP contribution in [0.5, 0.6) is 0 Å². The average molecular weight is 261 g/mol. The zero-order valence-electron chi connectivity index (χ0n) is 11.7. The fourth-order valence-corrected chi connectivity index (χ4v) is 2.19. The third kappa shape index (κ3) is 3.04. The van der Waals surface area contributed by atoms with E-state index in [1.54, 1.807) is 6.07 Å². The van der Waals surface area contributed by atoms with Crippen LogP contribution in [0.2, 0.25) is 0 Å². The molecule has 19 heavy (non-hydrogen) atoms. The van der Waals surface area contributed by atoms with E-state index >= 15 is 0 Å². The number of hydrogen-bond donors (Lipinski definition) is 1. The Morgan fingerprint density at radius 2 is 2.00 bits per heavy atom. The average Bonchev–Trinajstić information content (AvgIpc) is 2.88. The first kappa shape index (κ1) is 13.8. The van der Waals surface area contributed by atoms with Crippen molar-refractivity contribution in [2.24, 2.45) is 0 Å². The molecule has 0 aliphatic carbocycles. The first-order chi connectivity index (χ1) is 9.15. The molecule has 1 atom stereocenters. The number of hydrogen-bond acceptors (Lipinski definition) is 2. The summed E-state index contributed by atoms with van der Waals surface area (Å²) >= 11 is 0. The van der Waals surface area contributed by atoms with Gasteiger partial charge in [0.05, 0.1) is 6.04 Å². The summed E-state index contributed by atoms with van der Waals surface area (Å²) in [6.07, 6.45) is 0.842. The molecular weight excluding hydrogens is 241 g/mol. The van der Waals surface area contributed by atoms with Gasteiger partial charge in [0.25, 0.3) is 0 Å². The van der Waals surface area contributed by atoms with Crippen LogP contribution in [0.3, 0.4) is 0 Å². The fourth-order valence-electron chi connectivity index (χ4n) is 2.19. The van der Waals surface area contributed by atoms with Crippen molar-refractivity contribution in [3.05, 3.63) is 58.8 Å². The minimum atomic E-state index is -0.231. The molecule has 0 spiro atoms. The molecule has 1 aromatic heterocycles. The molecule has 0 fully saturated rings. The number of halogens is 1. The molecule has 0 saturated carbocycles. The van der Waals surface area contributed by atoms with Crippen LogP contribution < -0.4 is 5.32 Å². The molecular formula is C16H20FNO. The van der Waals surface area contributed by atoms with Gasteiger partial charge in [0, 0.05) is 12.0 Å². The molecule has 2 aromatic rings. The molecule has 0 radical (unpaired) electrons. The van der Waals surface area contributed by atoms with Gasteiger partial charge in [-0.2, -0.15) is 0 Å². The highest BCUT2D eigenvalue weighted by atomic mass is 19.1. The summed E-state index contributed by atoms with van der Waals surface area (Å²) in [5.74, 6) is 1.49. The summed E-state index contributed by atoms with van der Waals surface area (Å²) in [5.41, 5.74) is 1.68. The zero-order chi connectivity index (χ0) is 13.8. The van der Waals surface area contributed by atoms with Crippen LogP contribution in [0, 0.1) is 12.7 Å². The zero-order valence-corrected chi connectivity index (χ0v) is 11.7. The Morgan fingerprint density at radius 3 is 2.63 bits per heavy atom. The molecule has 0 aliphatic heterocycles. The van der Waals surface area contributed by atoms with Gasteiger partial charge >= 0.3 is 0 Å². The molecule has 0 saturated heterocycles. The Kier molecular flexibility index (Phi) is 4.38. The second kappa shape index (κ2) is 6.02. The molecule has 0 amide bonds. The van der Waals surface area contributed by atoms with E-state index < -0.39 is 0 Å². The van der Waals surface area contributed by atoms with Crippen molar-refractivity contribution >= 4 is 0 Å². The Labute approximate surface area is 113 Å².